The molecule has 2 atom stereocenters. The molecule has 6 nitrogen and oxygen atoms in total. The largest absolute Gasteiger partial charge is 0.467 e. The Kier molecular flexibility index (Phi) is 2.60. The summed E-state index contributed by atoms with van der Waals surface area (Å²) in [5, 5.41) is 10.4. The highest BCUT2D eigenvalue weighted by Gasteiger charge is 2.37. The van der Waals surface area contributed by atoms with E-state index in [1.54, 1.807) is 24.3 Å². The Morgan fingerprint density at radius 2 is 2.21 bits per heavy atom. The van der Waals surface area contributed by atoms with Gasteiger partial charge in [-0.15, -0.1) is 0 Å². The van der Waals surface area contributed by atoms with Crippen LogP contribution in [0.5, 0.6) is 0 Å². The quantitative estimate of drug-likeness (QED) is 0.757. The molecule has 2 unspecified atom stereocenters. The van der Waals surface area contributed by atoms with Crippen molar-refractivity contribution in [1.29, 1.82) is 0 Å². The van der Waals surface area contributed by atoms with Crippen LogP contribution in [0.3, 0.4) is 0 Å². The summed E-state index contributed by atoms with van der Waals surface area (Å²) in [5.41, 5.74) is 0.191. The number of aromatic nitrogens is 2. The number of nitrogens with zero attached hydrogens (tertiary/aromatic N) is 2. The van der Waals surface area contributed by atoms with Crippen molar-refractivity contribution in [2.45, 2.75) is 18.6 Å². The molecule has 1 aliphatic rings. The maximum Gasteiger partial charge on any atom is 0.329 e. The lowest BCUT2D eigenvalue weighted by atomic mass is 10.2. The summed E-state index contributed by atoms with van der Waals surface area (Å²) in [6.45, 7) is 0. The van der Waals surface area contributed by atoms with Crippen molar-refractivity contribution in [1.82, 2.24) is 9.55 Å². The van der Waals surface area contributed by atoms with E-state index >= 15 is 0 Å². The number of hydrogen-bond acceptors (Lipinski definition) is 5. The maximum absolute atomic E-state index is 12.4. The molecule has 2 heterocycles. The summed E-state index contributed by atoms with van der Waals surface area (Å²) in [4.78, 5) is 28.4. The predicted molar refractivity (Wildman–Crippen MR) is 66.6 cm³/mol. The van der Waals surface area contributed by atoms with Crippen LogP contribution in [0.4, 0.5) is 0 Å². The highest BCUT2D eigenvalue weighted by Crippen LogP contribution is 2.32. The fraction of sp³-hybridized carbons (Fsp3) is 0.308. The SMILES string of the molecule is COC(=O)C1CC(O)c2nc3ccccc3c(=O)n21. The number of carbonyl (C=O) groups is 1. The van der Waals surface area contributed by atoms with Crippen molar-refractivity contribution in [3.63, 3.8) is 0 Å². The molecule has 1 aromatic heterocycles. The van der Waals surface area contributed by atoms with Crippen LogP contribution in [0.25, 0.3) is 10.9 Å². The molecule has 2 aromatic rings. The molecular formula is C13H12N2O4. The molecule has 0 saturated heterocycles. The highest BCUT2D eigenvalue weighted by atomic mass is 16.5. The standard InChI is InChI=1S/C13H12N2O4/c1-19-13(18)9-6-10(16)11-14-8-5-3-2-4-7(8)12(17)15(9)11/h2-5,9-10,16H,6H2,1H3. The summed E-state index contributed by atoms with van der Waals surface area (Å²) < 4.78 is 5.90. The van der Waals surface area contributed by atoms with Crippen molar-refractivity contribution < 1.29 is 14.6 Å². The number of esters is 1. The molecule has 1 aromatic carbocycles. The summed E-state index contributed by atoms with van der Waals surface area (Å²) in [5.74, 6) is -0.323. The van der Waals surface area contributed by atoms with E-state index in [1.165, 1.54) is 11.7 Å². The van der Waals surface area contributed by atoms with Crippen molar-refractivity contribution in [2.75, 3.05) is 7.11 Å². The van der Waals surface area contributed by atoms with Crippen molar-refractivity contribution in [3.05, 3.63) is 40.4 Å². The summed E-state index contributed by atoms with van der Waals surface area (Å²) in [6.07, 6.45) is -0.813. The van der Waals surface area contributed by atoms with Crippen LogP contribution in [0.1, 0.15) is 24.4 Å². The van der Waals surface area contributed by atoms with Gasteiger partial charge in [0.15, 0.2) is 0 Å². The van der Waals surface area contributed by atoms with E-state index in [0.717, 1.165) is 0 Å². The number of fused-ring (bicyclic) bond motifs is 2. The van der Waals surface area contributed by atoms with Crippen molar-refractivity contribution in [3.8, 4) is 0 Å². The molecular weight excluding hydrogens is 248 g/mol. The normalized spacial score (nSPS) is 21.4. The molecule has 0 spiro atoms. The van der Waals surface area contributed by atoms with Gasteiger partial charge in [0.2, 0.25) is 0 Å². The van der Waals surface area contributed by atoms with Crippen LogP contribution >= 0.6 is 0 Å². The van der Waals surface area contributed by atoms with Crippen LogP contribution in [0, 0.1) is 0 Å². The molecule has 19 heavy (non-hydrogen) atoms. The zero-order chi connectivity index (χ0) is 13.6. The van der Waals surface area contributed by atoms with E-state index in [9.17, 15) is 14.7 Å². The van der Waals surface area contributed by atoms with E-state index in [1.807, 2.05) is 0 Å². The molecule has 1 N–H and O–H groups in total. The summed E-state index contributed by atoms with van der Waals surface area (Å²) in [7, 11) is 1.26. The molecule has 6 heteroatoms. The first-order chi connectivity index (χ1) is 9.13. The molecule has 0 bridgehead atoms. The average molecular weight is 260 g/mol. The van der Waals surface area contributed by atoms with Gasteiger partial charge in [0.25, 0.3) is 5.56 Å². The Hall–Kier alpha value is -2.21. The molecule has 98 valence electrons. The second-order valence-corrected chi connectivity index (χ2v) is 4.45. The summed E-state index contributed by atoms with van der Waals surface area (Å²) in [6, 6.07) is 6.05. The second-order valence-electron chi connectivity index (χ2n) is 4.45. The zero-order valence-corrected chi connectivity index (χ0v) is 10.2. The van der Waals surface area contributed by atoms with Gasteiger partial charge in [-0.05, 0) is 12.1 Å². The average Bonchev–Trinajstić information content (AvgIpc) is 2.76. The van der Waals surface area contributed by atoms with Gasteiger partial charge < -0.3 is 9.84 Å². The molecule has 3 rings (SSSR count). The number of aliphatic hydroxyl groups excluding tert-OH is 1. The Balaban J connectivity index is 2.31. The van der Waals surface area contributed by atoms with Gasteiger partial charge in [0.1, 0.15) is 18.0 Å². The number of hydrogen-bond donors (Lipinski definition) is 1. The van der Waals surface area contributed by atoms with Crippen LogP contribution < -0.4 is 5.56 Å². The van der Waals surface area contributed by atoms with E-state index in [4.69, 9.17) is 0 Å². The van der Waals surface area contributed by atoms with Crippen molar-refractivity contribution >= 4 is 16.9 Å². The molecule has 0 fully saturated rings. The maximum atomic E-state index is 12.4. The minimum atomic E-state index is -0.929. The van der Waals surface area contributed by atoms with Crippen LogP contribution in [-0.2, 0) is 9.53 Å². The molecule has 0 saturated carbocycles. The molecule has 0 amide bonds. The number of rotatable bonds is 1. The number of ether oxygens (including phenoxy) is 1. The first kappa shape index (κ1) is 11.9. The van der Waals surface area contributed by atoms with Crippen molar-refractivity contribution in [2.24, 2.45) is 0 Å². The Bertz CT molecular complexity index is 722. The molecule has 0 aliphatic carbocycles. The Labute approximate surface area is 108 Å². The third kappa shape index (κ3) is 1.64. The van der Waals surface area contributed by atoms with E-state index in [-0.39, 0.29) is 17.8 Å². The molecule has 1 aliphatic heterocycles. The number of methoxy groups -OCH3 is 1. The van der Waals surface area contributed by atoms with Crippen LogP contribution in [0.15, 0.2) is 29.1 Å². The lowest BCUT2D eigenvalue weighted by Gasteiger charge is -2.11. The minimum Gasteiger partial charge on any atom is -0.467 e. The van der Waals surface area contributed by atoms with Crippen LogP contribution in [0.2, 0.25) is 0 Å². The third-order valence-corrected chi connectivity index (χ3v) is 3.36. The number of carbonyl (C=O) groups excluding carboxylic acids is 1. The lowest BCUT2D eigenvalue weighted by molar-refractivity contribution is -0.144. The van der Waals surface area contributed by atoms with Gasteiger partial charge in [-0.25, -0.2) is 9.78 Å². The Morgan fingerprint density at radius 1 is 1.47 bits per heavy atom. The van der Waals surface area contributed by atoms with Gasteiger partial charge >= 0.3 is 5.97 Å². The van der Waals surface area contributed by atoms with Gasteiger partial charge in [0.05, 0.1) is 18.0 Å². The molecule has 0 radical (unpaired) electrons. The number of aliphatic hydroxyl groups is 1. The first-order valence-corrected chi connectivity index (χ1v) is 5.90. The first-order valence-electron chi connectivity index (χ1n) is 5.90. The topological polar surface area (TPSA) is 81.4 Å². The third-order valence-electron chi connectivity index (χ3n) is 3.36. The minimum absolute atomic E-state index is 0.116. The van der Waals surface area contributed by atoms with E-state index in [0.29, 0.717) is 10.9 Å². The fourth-order valence-electron chi connectivity index (χ4n) is 2.46. The van der Waals surface area contributed by atoms with Gasteiger partial charge in [0, 0.05) is 6.42 Å². The van der Waals surface area contributed by atoms with Gasteiger partial charge in [-0.2, -0.15) is 0 Å². The highest BCUT2D eigenvalue weighted by molar-refractivity contribution is 5.79. The lowest BCUT2D eigenvalue weighted by Crippen LogP contribution is -2.29. The van der Waals surface area contributed by atoms with Gasteiger partial charge in [-0.1, -0.05) is 12.1 Å². The second kappa shape index (κ2) is 4.17. The predicted octanol–water partition coefficient (Wildman–Crippen LogP) is 0.548. The fourth-order valence-corrected chi connectivity index (χ4v) is 2.46. The smallest absolute Gasteiger partial charge is 0.329 e. The number of para-hydroxylation sites is 1. The van der Waals surface area contributed by atoms with Crippen LogP contribution in [-0.4, -0.2) is 27.7 Å². The monoisotopic (exact) mass is 260 g/mol. The summed E-state index contributed by atoms with van der Waals surface area (Å²) >= 11 is 0. The Morgan fingerprint density at radius 3 is 2.95 bits per heavy atom. The zero-order valence-electron chi connectivity index (χ0n) is 10.2. The van der Waals surface area contributed by atoms with E-state index in [2.05, 4.69) is 9.72 Å². The van der Waals surface area contributed by atoms with E-state index < -0.39 is 18.1 Å². The van der Waals surface area contributed by atoms with Gasteiger partial charge in [-0.3, -0.25) is 9.36 Å². The number of benzene rings is 1.